The fourth-order valence-corrected chi connectivity index (χ4v) is 1.37. The second kappa shape index (κ2) is 2.60. The van der Waals surface area contributed by atoms with E-state index in [9.17, 15) is 0 Å². The van der Waals surface area contributed by atoms with E-state index in [0.717, 1.165) is 13.1 Å². The highest BCUT2D eigenvalue weighted by Gasteiger charge is 2.25. The van der Waals surface area contributed by atoms with E-state index in [1.807, 2.05) is 10.9 Å². The Morgan fingerprint density at radius 1 is 1.55 bits per heavy atom. The van der Waals surface area contributed by atoms with E-state index in [1.165, 1.54) is 0 Å². The molecule has 1 saturated heterocycles. The van der Waals surface area contributed by atoms with Gasteiger partial charge in [-0.3, -0.25) is 0 Å². The molecule has 1 aliphatic heterocycles. The third-order valence-electron chi connectivity index (χ3n) is 2.01. The number of nitrogens with zero attached hydrogens (tertiary/aromatic N) is 3. The first-order chi connectivity index (χ1) is 5.38. The van der Waals surface area contributed by atoms with Gasteiger partial charge in [0.25, 0.3) is 0 Å². The maximum Gasteiger partial charge on any atom is 0.0824 e. The molecule has 0 bridgehead atoms. The van der Waals surface area contributed by atoms with Gasteiger partial charge < -0.3 is 11.1 Å². The zero-order valence-electron chi connectivity index (χ0n) is 6.14. The van der Waals surface area contributed by atoms with Crippen LogP contribution in [0.3, 0.4) is 0 Å². The number of aromatic nitrogens is 3. The lowest BCUT2D eigenvalue weighted by Gasteiger charge is -2.12. The first kappa shape index (κ1) is 6.75. The van der Waals surface area contributed by atoms with Crippen molar-refractivity contribution in [3.8, 4) is 0 Å². The van der Waals surface area contributed by atoms with Crippen LogP contribution in [-0.2, 0) is 0 Å². The average molecular weight is 153 g/mol. The van der Waals surface area contributed by atoms with E-state index in [-0.39, 0.29) is 12.1 Å². The SMILES string of the molecule is N[C@@H]1CNC[C@@H]1n1ccnn1. The lowest BCUT2D eigenvalue weighted by Crippen LogP contribution is -2.31. The highest BCUT2D eigenvalue weighted by atomic mass is 15.4. The Morgan fingerprint density at radius 2 is 2.45 bits per heavy atom. The summed E-state index contributed by atoms with van der Waals surface area (Å²) in [5.41, 5.74) is 5.82. The smallest absolute Gasteiger partial charge is 0.0824 e. The summed E-state index contributed by atoms with van der Waals surface area (Å²) >= 11 is 0. The van der Waals surface area contributed by atoms with Crippen LogP contribution in [0.4, 0.5) is 0 Å². The first-order valence-corrected chi connectivity index (χ1v) is 3.70. The second-order valence-corrected chi connectivity index (χ2v) is 2.77. The zero-order valence-corrected chi connectivity index (χ0v) is 6.14. The molecule has 1 aliphatic rings. The summed E-state index contributed by atoms with van der Waals surface area (Å²) < 4.78 is 1.81. The van der Waals surface area contributed by atoms with Crippen molar-refractivity contribution in [3.63, 3.8) is 0 Å². The van der Waals surface area contributed by atoms with Crippen LogP contribution in [0, 0.1) is 0 Å². The summed E-state index contributed by atoms with van der Waals surface area (Å²) in [6, 6.07) is 0.439. The van der Waals surface area contributed by atoms with Crippen LogP contribution in [-0.4, -0.2) is 34.1 Å². The molecular formula is C6H11N5. The Balaban J connectivity index is 2.16. The van der Waals surface area contributed by atoms with Crippen LogP contribution in [0.5, 0.6) is 0 Å². The maximum atomic E-state index is 5.82. The molecule has 11 heavy (non-hydrogen) atoms. The van der Waals surface area contributed by atoms with Crippen LogP contribution in [0.25, 0.3) is 0 Å². The predicted octanol–water partition coefficient (Wildman–Crippen LogP) is -1.25. The van der Waals surface area contributed by atoms with Gasteiger partial charge in [0.2, 0.25) is 0 Å². The van der Waals surface area contributed by atoms with Crippen molar-refractivity contribution >= 4 is 0 Å². The number of hydrogen-bond acceptors (Lipinski definition) is 4. The van der Waals surface area contributed by atoms with E-state index in [1.54, 1.807) is 6.20 Å². The van der Waals surface area contributed by atoms with E-state index in [4.69, 9.17) is 5.73 Å². The monoisotopic (exact) mass is 153 g/mol. The quantitative estimate of drug-likeness (QED) is 0.529. The van der Waals surface area contributed by atoms with Crippen LogP contribution in [0.2, 0.25) is 0 Å². The van der Waals surface area contributed by atoms with Crippen molar-refractivity contribution in [1.82, 2.24) is 20.3 Å². The van der Waals surface area contributed by atoms with E-state index >= 15 is 0 Å². The molecule has 2 atom stereocenters. The van der Waals surface area contributed by atoms with Crippen LogP contribution in [0.1, 0.15) is 6.04 Å². The topological polar surface area (TPSA) is 68.8 Å². The average Bonchev–Trinajstić information content (AvgIpc) is 2.55. The molecule has 3 N–H and O–H groups in total. The van der Waals surface area contributed by atoms with Gasteiger partial charge in [-0.05, 0) is 0 Å². The maximum absolute atomic E-state index is 5.82. The summed E-state index contributed by atoms with van der Waals surface area (Å²) in [6.07, 6.45) is 3.52. The van der Waals surface area contributed by atoms with Crippen molar-refractivity contribution in [3.05, 3.63) is 12.4 Å². The molecule has 2 rings (SSSR count). The largest absolute Gasteiger partial charge is 0.325 e. The minimum Gasteiger partial charge on any atom is -0.325 e. The Hall–Kier alpha value is -0.940. The van der Waals surface area contributed by atoms with Crippen molar-refractivity contribution in [2.75, 3.05) is 13.1 Å². The van der Waals surface area contributed by atoms with Gasteiger partial charge in [0, 0.05) is 25.3 Å². The summed E-state index contributed by atoms with van der Waals surface area (Å²) in [4.78, 5) is 0. The van der Waals surface area contributed by atoms with Gasteiger partial charge in [0.1, 0.15) is 0 Å². The Bertz CT molecular complexity index is 219. The standard InChI is InChI=1S/C6H11N5/c7-5-3-8-4-6(5)11-2-1-9-10-11/h1-2,5-6,8H,3-4,7H2/t5-,6+/m1/s1. The zero-order chi connectivity index (χ0) is 7.68. The summed E-state index contributed by atoms with van der Waals surface area (Å²) in [5, 5.41) is 10.8. The van der Waals surface area contributed by atoms with Crippen molar-refractivity contribution in [2.24, 2.45) is 5.73 Å². The van der Waals surface area contributed by atoms with Gasteiger partial charge in [-0.1, -0.05) is 5.21 Å². The van der Waals surface area contributed by atoms with E-state index < -0.39 is 0 Å². The molecular weight excluding hydrogens is 142 g/mol. The molecule has 0 radical (unpaired) electrons. The third kappa shape index (κ3) is 1.12. The molecule has 1 aromatic rings. The Kier molecular flexibility index (Phi) is 1.59. The van der Waals surface area contributed by atoms with Gasteiger partial charge in [-0.2, -0.15) is 0 Å². The minimum atomic E-state index is 0.164. The molecule has 60 valence electrons. The van der Waals surface area contributed by atoms with E-state index in [2.05, 4.69) is 15.6 Å². The highest BCUT2D eigenvalue weighted by molar-refractivity contribution is 4.88. The molecule has 0 spiro atoms. The van der Waals surface area contributed by atoms with Gasteiger partial charge in [0.15, 0.2) is 0 Å². The molecule has 0 saturated carbocycles. The molecule has 1 aromatic heterocycles. The Morgan fingerprint density at radius 3 is 3.00 bits per heavy atom. The molecule has 0 amide bonds. The van der Waals surface area contributed by atoms with Gasteiger partial charge >= 0.3 is 0 Å². The number of nitrogens with one attached hydrogen (secondary N) is 1. The lowest BCUT2D eigenvalue weighted by atomic mass is 10.2. The first-order valence-electron chi connectivity index (χ1n) is 3.70. The normalized spacial score (nSPS) is 31.0. The second-order valence-electron chi connectivity index (χ2n) is 2.77. The molecule has 5 nitrogen and oxygen atoms in total. The van der Waals surface area contributed by atoms with E-state index in [0.29, 0.717) is 0 Å². The number of nitrogens with two attached hydrogens (primary N) is 1. The van der Waals surface area contributed by atoms with Crippen molar-refractivity contribution in [1.29, 1.82) is 0 Å². The van der Waals surface area contributed by atoms with Crippen LogP contribution in [0.15, 0.2) is 12.4 Å². The summed E-state index contributed by atoms with van der Waals surface area (Å²) in [7, 11) is 0. The van der Waals surface area contributed by atoms with Crippen molar-refractivity contribution < 1.29 is 0 Å². The fourth-order valence-electron chi connectivity index (χ4n) is 1.37. The molecule has 0 aliphatic carbocycles. The minimum absolute atomic E-state index is 0.164. The van der Waals surface area contributed by atoms with Gasteiger partial charge in [-0.15, -0.1) is 5.10 Å². The Labute approximate surface area is 64.6 Å². The van der Waals surface area contributed by atoms with Gasteiger partial charge in [-0.25, -0.2) is 4.68 Å². The molecule has 0 unspecified atom stereocenters. The molecule has 0 aromatic carbocycles. The predicted molar refractivity (Wildman–Crippen MR) is 39.9 cm³/mol. The fraction of sp³-hybridized carbons (Fsp3) is 0.667. The van der Waals surface area contributed by atoms with Crippen LogP contribution < -0.4 is 11.1 Å². The molecule has 2 heterocycles. The number of hydrogen-bond donors (Lipinski definition) is 2. The van der Waals surface area contributed by atoms with Crippen molar-refractivity contribution in [2.45, 2.75) is 12.1 Å². The third-order valence-corrected chi connectivity index (χ3v) is 2.01. The number of rotatable bonds is 1. The van der Waals surface area contributed by atoms with Gasteiger partial charge in [0.05, 0.1) is 12.2 Å². The lowest BCUT2D eigenvalue weighted by molar-refractivity contribution is 0.435. The summed E-state index contributed by atoms with van der Waals surface area (Å²) in [6.45, 7) is 1.76. The molecule has 5 heteroatoms. The summed E-state index contributed by atoms with van der Waals surface area (Å²) in [5.74, 6) is 0. The van der Waals surface area contributed by atoms with Crippen LogP contribution >= 0.6 is 0 Å². The highest BCUT2D eigenvalue weighted by Crippen LogP contribution is 2.10. The molecule has 1 fully saturated rings.